The van der Waals surface area contributed by atoms with E-state index in [-0.39, 0.29) is 24.2 Å². The minimum absolute atomic E-state index is 0.0686. The van der Waals surface area contributed by atoms with E-state index < -0.39 is 0 Å². The Labute approximate surface area is 114 Å². The van der Waals surface area contributed by atoms with E-state index in [1.165, 1.54) is 0 Å². The number of carbonyl (C=O) groups is 1. The molecule has 2 heterocycles. The predicted molar refractivity (Wildman–Crippen MR) is 72.2 cm³/mol. The predicted octanol–water partition coefficient (Wildman–Crippen LogP) is 0.184. The fourth-order valence-electron chi connectivity index (χ4n) is 2.69. The average Bonchev–Trinajstić information content (AvgIpc) is 2.97. The largest absolute Gasteiger partial charge is 0.383 e. The molecule has 0 radical (unpaired) electrons. The SMILES string of the molecule is COCCN1CCC(NC(=O)N[C@@H]2CCO[C@@H]2C)C1. The molecule has 2 amide bonds. The lowest BCUT2D eigenvalue weighted by Crippen LogP contribution is -2.48. The van der Waals surface area contributed by atoms with Crippen LogP contribution in [0.2, 0.25) is 0 Å². The number of hydrogen-bond acceptors (Lipinski definition) is 4. The Hall–Kier alpha value is -0.850. The molecule has 0 aromatic heterocycles. The first-order valence-corrected chi connectivity index (χ1v) is 7.09. The van der Waals surface area contributed by atoms with Gasteiger partial charge in [0.15, 0.2) is 0 Å². The van der Waals surface area contributed by atoms with Crippen LogP contribution in [0.1, 0.15) is 19.8 Å². The lowest BCUT2D eigenvalue weighted by molar-refractivity contribution is 0.114. The molecule has 0 aliphatic carbocycles. The fraction of sp³-hybridized carbons (Fsp3) is 0.923. The molecule has 3 atom stereocenters. The van der Waals surface area contributed by atoms with Gasteiger partial charge < -0.3 is 20.1 Å². The second kappa shape index (κ2) is 7.07. The van der Waals surface area contributed by atoms with Crippen LogP contribution in [0.5, 0.6) is 0 Å². The summed E-state index contributed by atoms with van der Waals surface area (Å²) in [6, 6.07) is 0.321. The number of nitrogens with one attached hydrogen (secondary N) is 2. The maximum absolute atomic E-state index is 11.9. The van der Waals surface area contributed by atoms with Gasteiger partial charge in [0.05, 0.1) is 18.8 Å². The summed E-state index contributed by atoms with van der Waals surface area (Å²) in [5.74, 6) is 0. The average molecular weight is 271 g/mol. The van der Waals surface area contributed by atoms with Crippen LogP contribution in [0.15, 0.2) is 0 Å². The van der Waals surface area contributed by atoms with E-state index in [1.807, 2.05) is 6.92 Å². The molecule has 2 rings (SSSR count). The monoisotopic (exact) mass is 271 g/mol. The zero-order valence-corrected chi connectivity index (χ0v) is 11.9. The van der Waals surface area contributed by atoms with Crippen LogP contribution in [0.4, 0.5) is 4.79 Å². The van der Waals surface area contributed by atoms with Crippen molar-refractivity contribution in [2.75, 3.05) is 40.0 Å². The van der Waals surface area contributed by atoms with Crippen molar-refractivity contribution in [3.8, 4) is 0 Å². The molecule has 0 saturated carbocycles. The van der Waals surface area contributed by atoms with Crippen molar-refractivity contribution < 1.29 is 14.3 Å². The number of hydrogen-bond donors (Lipinski definition) is 2. The van der Waals surface area contributed by atoms with Gasteiger partial charge in [-0.05, 0) is 19.8 Å². The van der Waals surface area contributed by atoms with Crippen molar-refractivity contribution in [1.29, 1.82) is 0 Å². The highest BCUT2D eigenvalue weighted by molar-refractivity contribution is 5.74. The van der Waals surface area contributed by atoms with E-state index in [0.29, 0.717) is 0 Å². The van der Waals surface area contributed by atoms with Gasteiger partial charge in [-0.3, -0.25) is 4.90 Å². The molecule has 6 nitrogen and oxygen atoms in total. The molecule has 110 valence electrons. The Morgan fingerprint density at radius 3 is 2.95 bits per heavy atom. The van der Waals surface area contributed by atoms with Crippen molar-refractivity contribution in [1.82, 2.24) is 15.5 Å². The summed E-state index contributed by atoms with van der Waals surface area (Å²) in [7, 11) is 1.71. The summed E-state index contributed by atoms with van der Waals surface area (Å²) in [5.41, 5.74) is 0. The quantitative estimate of drug-likeness (QED) is 0.749. The first-order chi connectivity index (χ1) is 9.19. The number of rotatable bonds is 5. The van der Waals surface area contributed by atoms with Gasteiger partial charge in [0, 0.05) is 39.4 Å². The smallest absolute Gasteiger partial charge is 0.315 e. The van der Waals surface area contributed by atoms with E-state index in [1.54, 1.807) is 7.11 Å². The van der Waals surface area contributed by atoms with Crippen LogP contribution in [-0.2, 0) is 9.47 Å². The van der Waals surface area contributed by atoms with E-state index in [4.69, 9.17) is 9.47 Å². The molecule has 1 unspecified atom stereocenters. The van der Waals surface area contributed by atoms with Gasteiger partial charge >= 0.3 is 6.03 Å². The molecule has 0 aromatic carbocycles. The highest BCUT2D eigenvalue weighted by Gasteiger charge is 2.28. The van der Waals surface area contributed by atoms with Crippen molar-refractivity contribution in [3.63, 3.8) is 0 Å². The third kappa shape index (κ3) is 4.33. The fourth-order valence-corrected chi connectivity index (χ4v) is 2.69. The van der Waals surface area contributed by atoms with E-state index in [0.717, 1.165) is 45.7 Å². The van der Waals surface area contributed by atoms with E-state index in [2.05, 4.69) is 15.5 Å². The Morgan fingerprint density at radius 1 is 1.42 bits per heavy atom. The highest BCUT2D eigenvalue weighted by atomic mass is 16.5. The van der Waals surface area contributed by atoms with Gasteiger partial charge in [-0.1, -0.05) is 0 Å². The Bertz CT molecular complexity index is 301. The number of urea groups is 1. The van der Waals surface area contributed by atoms with Crippen LogP contribution >= 0.6 is 0 Å². The summed E-state index contributed by atoms with van der Waals surface area (Å²) in [5, 5.41) is 6.04. The number of ether oxygens (including phenoxy) is 2. The van der Waals surface area contributed by atoms with Gasteiger partial charge in [0.1, 0.15) is 0 Å². The van der Waals surface area contributed by atoms with Crippen LogP contribution in [0.3, 0.4) is 0 Å². The third-order valence-corrected chi connectivity index (χ3v) is 3.91. The molecule has 0 bridgehead atoms. The molecule has 2 fully saturated rings. The Morgan fingerprint density at radius 2 is 2.26 bits per heavy atom. The lowest BCUT2D eigenvalue weighted by Gasteiger charge is -2.19. The van der Waals surface area contributed by atoms with Crippen molar-refractivity contribution in [3.05, 3.63) is 0 Å². The van der Waals surface area contributed by atoms with Gasteiger partial charge in [-0.15, -0.1) is 0 Å². The summed E-state index contributed by atoms with van der Waals surface area (Å²) in [4.78, 5) is 14.2. The van der Waals surface area contributed by atoms with Crippen LogP contribution in [0, 0.1) is 0 Å². The topological polar surface area (TPSA) is 62.8 Å². The zero-order chi connectivity index (χ0) is 13.7. The number of amides is 2. The first-order valence-electron chi connectivity index (χ1n) is 7.09. The van der Waals surface area contributed by atoms with Crippen molar-refractivity contribution in [2.24, 2.45) is 0 Å². The maximum Gasteiger partial charge on any atom is 0.315 e. The van der Waals surface area contributed by atoms with Gasteiger partial charge in [0.2, 0.25) is 0 Å². The zero-order valence-electron chi connectivity index (χ0n) is 11.9. The number of methoxy groups -OCH3 is 1. The Kier molecular flexibility index (Phi) is 5.42. The third-order valence-electron chi connectivity index (χ3n) is 3.91. The van der Waals surface area contributed by atoms with Crippen LogP contribution < -0.4 is 10.6 Å². The van der Waals surface area contributed by atoms with Crippen LogP contribution in [0.25, 0.3) is 0 Å². The molecular formula is C13H25N3O3. The first kappa shape index (κ1) is 14.6. The second-order valence-corrected chi connectivity index (χ2v) is 5.37. The second-order valence-electron chi connectivity index (χ2n) is 5.37. The molecule has 6 heteroatoms. The van der Waals surface area contributed by atoms with Crippen LogP contribution in [-0.4, -0.2) is 69.1 Å². The van der Waals surface area contributed by atoms with Gasteiger partial charge in [-0.25, -0.2) is 4.79 Å². The molecule has 0 aromatic rings. The summed E-state index contributed by atoms with van der Waals surface area (Å²) in [6.45, 7) is 6.35. The minimum atomic E-state index is -0.0686. The molecule has 19 heavy (non-hydrogen) atoms. The highest BCUT2D eigenvalue weighted by Crippen LogP contribution is 2.13. The van der Waals surface area contributed by atoms with E-state index in [9.17, 15) is 4.79 Å². The van der Waals surface area contributed by atoms with Crippen molar-refractivity contribution in [2.45, 2.75) is 38.0 Å². The molecular weight excluding hydrogens is 246 g/mol. The molecule has 2 N–H and O–H groups in total. The van der Waals surface area contributed by atoms with Gasteiger partial charge in [-0.2, -0.15) is 0 Å². The van der Waals surface area contributed by atoms with Gasteiger partial charge in [0.25, 0.3) is 0 Å². The summed E-state index contributed by atoms with van der Waals surface area (Å²) < 4.78 is 10.5. The number of likely N-dealkylation sites (tertiary alicyclic amines) is 1. The summed E-state index contributed by atoms with van der Waals surface area (Å²) >= 11 is 0. The molecule has 2 aliphatic rings. The lowest BCUT2D eigenvalue weighted by atomic mass is 10.2. The number of carbonyl (C=O) groups excluding carboxylic acids is 1. The van der Waals surface area contributed by atoms with Crippen molar-refractivity contribution >= 4 is 6.03 Å². The summed E-state index contributed by atoms with van der Waals surface area (Å²) in [6.07, 6.45) is 2.03. The molecule has 2 saturated heterocycles. The van der Waals surface area contributed by atoms with E-state index >= 15 is 0 Å². The number of nitrogens with zero attached hydrogens (tertiary/aromatic N) is 1. The Balaban J connectivity index is 1.66. The standard InChI is InChI=1S/C13H25N3O3/c1-10-12(4-7-19-10)15-13(17)14-11-3-5-16(9-11)6-8-18-2/h10-12H,3-9H2,1-2H3,(H2,14,15,17)/t10-,11?,12-/m1/s1. The minimum Gasteiger partial charge on any atom is -0.383 e. The molecule has 2 aliphatic heterocycles. The normalized spacial score (nSPS) is 31.6. The molecule has 0 spiro atoms. The maximum atomic E-state index is 11.9.